The molecule has 0 amide bonds. The monoisotopic (exact) mass is 311 g/mol. The first-order valence-electron chi connectivity index (χ1n) is 8.05. The highest BCUT2D eigenvalue weighted by molar-refractivity contribution is 7.91. The van der Waals surface area contributed by atoms with Gasteiger partial charge in [-0.3, -0.25) is 0 Å². The lowest BCUT2D eigenvalue weighted by Crippen LogP contribution is -2.29. The molecule has 0 aliphatic heterocycles. The maximum atomic E-state index is 12.2. The Hall–Kier alpha value is -0.870. The molecule has 1 aromatic rings. The van der Waals surface area contributed by atoms with Crippen molar-refractivity contribution in [2.24, 2.45) is 0 Å². The standard InChI is InChI=1S/C17H29NO2S/c1-4-7-13-21(19,20)14-17(18-6-3)16-11-9-15(8-5-2)10-12-16/h9-12,17-18H,4-8,13-14H2,1-3H3. The lowest BCUT2D eigenvalue weighted by molar-refractivity contribution is 0.557. The van der Waals surface area contributed by atoms with Crippen LogP contribution < -0.4 is 5.32 Å². The van der Waals surface area contributed by atoms with Crippen molar-refractivity contribution in [3.05, 3.63) is 35.4 Å². The predicted octanol–water partition coefficient (Wildman–Crippen LogP) is 3.50. The van der Waals surface area contributed by atoms with E-state index in [-0.39, 0.29) is 11.8 Å². The maximum Gasteiger partial charge on any atom is 0.152 e. The molecule has 1 unspecified atom stereocenters. The van der Waals surface area contributed by atoms with Gasteiger partial charge in [0.2, 0.25) is 0 Å². The summed E-state index contributed by atoms with van der Waals surface area (Å²) < 4.78 is 24.4. The van der Waals surface area contributed by atoms with Gasteiger partial charge in [0.05, 0.1) is 11.5 Å². The number of unbranched alkanes of at least 4 members (excludes halogenated alkanes) is 1. The fraction of sp³-hybridized carbons (Fsp3) is 0.647. The molecule has 21 heavy (non-hydrogen) atoms. The van der Waals surface area contributed by atoms with E-state index in [4.69, 9.17) is 0 Å². The van der Waals surface area contributed by atoms with Crippen LogP contribution in [0, 0.1) is 0 Å². The van der Waals surface area contributed by atoms with E-state index in [9.17, 15) is 8.42 Å². The predicted molar refractivity (Wildman–Crippen MR) is 90.4 cm³/mol. The smallest absolute Gasteiger partial charge is 0.152 e. The van der Waals surface area contributed by atoms with Gasteiger partial charge in [-0.25, -0.2) is 8.42 Å². The van der Waals surface area contributed by atoms with Gasteiger partial charge in [-0.1, -0.05) is 57.9 Å². The fourth-order valence-corrected chi connectivity index (χ4v) is 4.14. The normalized spacial score (nSPS) is 13.3. The summed E-state index contributed by atoms with van der Waals surface area (Å²) in [4.78, 5) is 0. The van der Waals surface area contributed by atoms with Gasteiger partial charge in [-0.15, -0.1) is 0 Å². The highest BCUT2D eigenvalue weighted by atomic mass is 32.2. The summed E-state index contributed by atoms with van der Waals surface area (Å²) in [5, 5.41) is 3.30. The number of hydrogen-bond acceptors (Lipinski definition) is 3. The average Bonchev–Trinajstić information content (AvgIpc) is 2.46. The molecule has 4 heteroatoms. The Morgan fingerprint density at radius 3 is 2.24 bits per heavy atom. The molecule has 0 heterocycles. The largest absolute Gasteiger partial charge is 0.309 e. The fourth-order valence-electron chi connectivity index (χ4n) is 2.43. The van der Waals surface area contributed by atoms with Crippen LogP contribution in [0.25, 0.3) is 0 Å². The third-order valence-electron chi connectivity index (χ3n) is 3.60. The second-order valence-electron chi connectivity index (χ2n) is 5.57. The molecule has 0 saturated carbocycles. The van der Waals surface area contributed by atoms with Crippen molar-refractivity contribution in [1.82, 2.24) is 5.32 Å². The Kier molecular flexibility index (Phi) is 7.97. The quantitative estimate of drug-likeness (QED) is 0.719. The lowest BCUT2D eigenvalue weighted by atomic mass is 10.0. The Bertz CT molecular complexity index is 494. The molecule has 1 N–H and O–H groups in total. The molecule has 1 atom stereocenters. The number of nitrogens with one attached hydrogen (secondary N) is 1. The highest BCUT2D eigenvalue weighted by Crippen LogP contribution is 2.18. The van der Waals surface area contributed by atoms with Gasteiger partial charge in [0.25, 0.3) is 0 Å². The lowest BCUT2D eigenvalue weighted by Gasteiger charge is -2.19. The van der Waals surface area contributed by atoms with Crippen molar-refractivity contribution < 1.29 is 8.42 Å². The minimum atomic E-state index is -3.00. The minimum Gasteiger partial charge on any atom is -0.309 e. The van der Waals surface area contributed by atoms with Gasteiger partial charge in [0.1, 0.15) is 0 Å². The van der Waals surface area contributed by atoms with Crippen LogP contribution in [0.4, 0.5) is 0 Å². The van der Waals surface area contributed by atoms with Crippen molar-refractivity contribution in [3.8, 4) is 0 Å². The van der Waals surface area contributed by atoms with Crippen molar-refractivity contribution in [3.63, 3.8) is 0 Å². The summed E-state index contributed by atoms with van der Waals surface area (Å²) in [5.74, 6) is 0.479. The number of aryl methyl sites for hydroxylation is 1. The molecule has 1 aromatic carbocycles. The summed E-state index contributed by atoms with van der Waals surface area (Å²) in [7, 11) is -3.00. The van der Waals surface area contributed by atoms with Crippen LogP contribution in [0.15, 0.2) is 24.3 Å². The molecule has 0 fully saturated rings. The van der Waals surface area contributed by atoms with Crippen LogP contribution in [0.1, 0.15) is 57.2 Å². The van der Waals surface area contributed by atoms with E-state index in [0.717, 1.165) is 37.8 Å². The van der Waals surface area contributed by atoms with Crippen LogP contribution in [0.3, 0.4) is 0 Å². The molecule has 0 spiro atoms. The molecule has 3 nitrogen and oxygen atoms in total. The number of rotatable bonds is 10. The summed E-state index contributed by atoms with van der Waals surface area (Å²) in [6.07, 6.45) is 3.86. The highest BCUT2D eigenvalue weighted by Gasteiger charge is 2.19. The second kappa shape index (κ2) is 9.21. The van der Waals surface area contributed by atoms with Gasteiger partial charge in [-0.05, 0) is 30.5 Å². The zero-order chi connectivity index (χ0) is 15.7. The zero-order valence-electron chi connectivity index (χ0n) is 13.6. The van der Waals surface area contributed by atoms with Crippen LogP contribution in [-0.4, -0.2) is 26.5 Å². The topological polar surface area (TPSA) is 46.2 Å². The molecular weight excluding hydrogens is 282 g/mol. The molecule has 1 rings (SSSR count). The van der Waals surface area contributed by atoms with Crippen LogP contribution in [-0.2, 0) is 16.3 Å². The van der Waals surface area contributed by atoms with Gasteiger partial charge < -0.3 is 5.32 Å². The Morgan fingerprint density at radius 2 is 1.71 bits per heavy atom. The van der Waals surface area contributed by atoms with Gasteiger partial charge in [-0.2, -0.15) is 0 Å². The van der Waals surface area contributed by atoms with Crippen LogP contribution >= 0.6 is 0 Å². The summed E-state index contributed by atoms with van der Waals surface area (Å²) in [6.45, 7) is 6.96. The second-order valence-corrected chi connectivity index (χ2v) is 7.80. The van der Waals surface area contributed by atoms with Crippen molar-refractivity contribution in [1.29, 1.82) is 0 Å². The number of hydrogen-bond donors (Lipinski definition) is 1. The summed E-state index contributed by atoms with van der Waals surface area (Å²) in [5.41, 5.74) is 2.38. The van der Waals surface area contributed by atoms with Gasteiger partial charge >= 0.3 is 0 Å². The van der Waals surface area contributed by atoms with E-state index in [0.29, 0.717) is 5.75 Å². The molecule has 0 aliphatic carbocycles. The Balaban J connectivity index is 2.80. The molecule has 0 aromatic heterocycles. The minimum absolute atomic E-state index is 0.104. The van der Waals surface area contributed by atoms with E-state index in [1.165, 1.54) is 5.56 Å². The Labute approximate surface area is 130 Å². The van der Waals surface area contributed by atoms with E-state index < -0.39 is 9.84 Å². The maximum absolute atomic E-state index is 12.2. The molecule has 0 aliphatic rings. The average molecular weight is 311 g/mol. The molecular formula is C17H29NO2S. The summed E-state index contributed by atoms with van der Waals surface area (Å²) >= 11 is 0. The molecule has 120 valence electrons. The third kappa shape index (κ3) is 6.62. The van der Waals surface area contributed by atoms with Crippen LogP contribution in [0.5, 0.6) is 0 Å². The molecule has 0 bridgehead atoms. The SMILES string of the molecule is CCCCS(=O)(=O)CC(NCC)c1ccc(CCC)cc1. The summed E-state index contributed by atoms with van der Waals surface area (Å²) in [6, 6.07) is 8.25. The van der Waals surface area contributed by atoms with Gasteiger partial charge in [0, 0.05) is 6.04 Å². The molecule has 0 saturated heterocycles. The van der Waals surface area contributed by atoms with Crippen molar-refractivity contribution >= 4 is 9.84 Å². The Morgan fingerprint density at radius 1 is 1.05 bits per heavy atom. The van der Waals surface area contributed by atoms with Crippen molar-refractivity contribution in [2.75, 3.05) is 18.1 Å². The first-order valence-corrected chi connectivity index (χ1v) is 9.87. The van der Waals surface area contributed by atoms with Crippen LogP contribution in [0.2, 0.25) is 0 Å². The van der Waals surface area contributed by atoms with E-state index in [2.05, 4.69) is 36.5 Å². The van der Waals surface area contributed by atoms with Crippen molar-refractivity contribution in [2.45, 2.75) is 52.5 Å². The first kappa shape index (κ1) is 18.2. The molecule has 0 radical (unpaired) electrons. The van der Waals surface area contributed by atoms with E-state index in [1.54, 1.807) is 0 Å². The van der Waals surface area contributed by atoms with E-state index >= 15 is 0 Å². The first-order chi connectivity index (χ1) is 10.0. The number of sulfone groups is 1. The van der Waals surface area contributed by atoms with E-state index in [1.807, 2.05) is 13.8 Å². The number of benzene rings is 1. The van der Waals surface area contributed by atoms with Gasteiger partial charge in [0.15, 0.2) is 9.84 Å². The third-order valence-corrected chi connectivity index (χ3v) is 5.35. The zero-order valence-corrected chi connectivity index (χ0v) is 14.4.